The second-order valence-electron chi connectivity index (χ2n) is 12.6. The van der Waals surface area contributed by atoms with E-state index in [1.54, 1.807) is 26.4 Å². The molecule has 5 heteroatoms. The summed E-state index contributed by atoms with van der Waals surface area (Å²) in [5, 5.41) is 20.2. The summed E-state index contributed by atoms with van der Waals surface area (Å²) in [5.74, 6) is 0.865. The van der Waals surface area contributed by atoms with Crippen LogP contribution in [0.5, 0.6) is 5.75 Å². The minimum atomic E-state index is -0.947. The standard InChI is InChI=1S/C29H44O5/c1-18-10-13-26(2)22(27(18,3)17-20-16-19(24(31)32)8-9-21(20)30)11-14-28(4)23(26)12-15-29(28,5)25(33-6)34-7/h8-9,16,18,22-23,25,30H,10-15,17H2,1-7H3,(H,31,32)/t18-,22?,23?,26+,27-,28-,29+/m1/s1. The van der Waals surface area contributed by atoms with Crippen LogP contribution in [0, 0.1) is 39.4 Å². The maximum Gasteiger partial charge on any atom is 0.335 e. The second kappa shape index (κ2) is 8.51. The molecule has 0 saturated heterocycles. The van der Waals surface area contributed by atoms with Crippen LogP contribution < -0.4 is 0 Å². The van der Waals surface area contributed by atoms with Gasteiger partial charge < -0.3 is 19.7 Å². The van der Waals surface area contributed by atoms with Crippen LogP contribution in [-0.2, 0) is 15.9 Å². The highest BCUT2D eigenvalue weighted by Gasteiger charge is 2.68. The van der Waals surface area contributed by atoms with Gasteiger partial charge in [0.15, 0.2) is 6.29 Å². The zero-order chi connectivity index (χ0) is 25.1. The number of carbonyl (C=O) groups is 1. The Bertz CT molecular complexity index is 940. The van der Waals surface area contributed by atoms with Crippen molar-refractivity contribution in [3.63, 3.8) is 0 Å². The van der Waals surface area contributed by atoms with Gasteiger partial charge >= 0.3 is 5.97 Å². The minimum absolute atomic E-state index is 0.0101. The minimum Gasteiger partial charge on any atom is -0.508 e. The van der Waals surface area contributed by atoms with Crippen molar-refractivity contribution in [2.24, 2.45) is 39.4 Å². The van der Waals surface area contributed by atoms with E-state index in [0.717, 1.165) is 31.2 Å². The summed E-state index contributed by atoms with van der Waals surface area (Å²) in [4.78, 5) is 11.6. The summed E-state index contributed by atoms with van der Waals surface area (Å²) in [5.41, 5.74) is 1.31. The third-order valence-corrected chi connectivity index (χ3v) is 11.5. The molecule has 190 valence electrons. The molecule has 2 unspecified atom stereocenters. The van der Waals surface area contributed by atoms with E-state index in [-0.39, 0.29) is 39.3 Å². The molecule has 3 fully saturated rings. The average molecular weight is 473 g/mol. The van der Waals surface area contributed by atoms with Gasteiger partial charge in [-0.15, -0.1) is 0 Å². The first-order valence-electron chi connectivity index (χ1n) is 13.0. The molecule has 0 aromatic heterocycles. The number of carboxylic acid groups (broad SMARTS) is 1. The highest BCUT2D eigenvalue weighted by Crippen LogP contribution is 2.74. The van der Waals surface area contributed by atoms with E-state index < -0.39 is 5.97 Å². The molecule has 0 aliphatic heterocycles. The SMILES string of the molecule is COC(OC)[C@]1(C)CCC2[C@@]3(C)CC[C@@H](C)[C@@](C)(Cc4cc(C(=O)O)ccc4O)C3CC[C@]21C. The van der Waals surface area contributed by atoms with Crippen molar-refractivity contribution in [2.45, 2.75) is 85.9 Å². The van der Waals surface area contributed by atoms with E-state index in [1.165, 1.54) is 18.9 Å². The Kier molecular flexibility index (Phi) is 6.39. The van der Waals surface area contributed by atoms with Crippen LogP contribution in [0.2, 0.25) is 0 Å². The predicted molar refractivity (Wildman–Crippen MR) is 133 cm³/mol. The van der Waals surface area contributed by atoms with Gasteiger partial charge in [0.2, 0.25) is 0 Å². The third kappa shape index (κ3) is 3.44. The van der Waals surface area contributed by atoms with Crippen molar-refractivity contribution in [1.82, 2.24) is 0 Å². The normalized spacial score (nSPS) is 41.8. The zero-order valence-electron chi connectivity index (χ0n) is 22.1. The number of phenols is 1. The van der Waals surface area contributed by atoms with E-state index in [0.29, 0.717) is 24.2 Å². The number of methoxy groups -OCH3 is 2. The van der Waals surface area contributed by atoms with Gasteiger partial charge in [0.1, 0.15) is 5.75 Å². The summed E-state index contributed by atoms with van der Waals surface area (Å²) in [6.45, 7) is 12.1. The molecule has 1 aromatic rings. The first-order valence-corrected chi connectivity index (χ1v) is 13.0. The van der Waals surface area contributed by atoms with Gasteiger partial charge in [-0.25, -0.2) is 4.79 Å². The summed E-state index contributed by atoms with van der Waals surface area (Å²) in [6.07, 6.45) is 7.46. The molecule has 2 N–H and O–H groups in total. The largest absolute Gasteiger partial charge is 0.508 e. The van der Waals surface area contributed by atoms with Gasteiger partial charge in [-0.1, -0.05) is 34.6 Å². The summed E-state index contributed by atoms with van der Waals surface area (Å²) >= 11 is 0. The van der Waals surface area contributed by atoms with Gasteiger partial charge in [0, 0.05) is 19.6 Å². The number of aromatic hydroxyl groups is 1. The maximum absolute atomic E-state index is 11.6. The Morgan fingerprint density at radius 2 is 1.68 bits per heavy atom. The molecule has 5 nitrogen and oxygen atoms in total. The molecule has 34 heavy (non-hydrogen) atoms. The van der Waals surface area contributed by atoms with Crippen LogP contribution in [0.15, 0.2) is 18.2 Å². The van der Waals surface area contributed by atoms with E-state index in [4.69, 9.17) is 9.47 Å². The van der Waals surface area contributed by atoms with E-state index in [2.05, 4.69) is 34.6 Å². The molecule has 0 amide bonds. The molecular weight excluding hydrogens is 428 g/mol. The first kappa shape index (κ1) is 25.5. The zero-order valence-corrected chi connectivity index (χ0v) is 22.1. The summed E-state index contributed by atoms with van der Waals surface area (Å²) in [6, 6.07) is 4.72. The van der Waals surface area contributed by atoms with Crippen molar-refractivity contribution in [3.05, 3.63) is 29.3 Å². The van der Waals surface area contributed by atoms with E-state index in [9.17, 15) is 15.0 Å². The van der Waals surface area contributed by atoms with Gasteiger partial charge in [0.05, 0.1) is 5.56 Å². The number of carboxylic acids is 1. The van der Waals surface area contributed by atoms with Crippen molar-refractivity contribution < 1.29 is 24.5 Å². The Labute approximate surface area is 205 Å². The monoisotopic (exact) mass is 472 g/mol. The smallest absolute Gasteiger partial charge is 0.335 e. The molecule has 7 atom stereocenters. The first-order chi connectivity index (χ1) is 15.9. The van der Waals surface area contributed by atoms with Gasteiger partial charge in [-0.05, 0) is 103 Å². The number of ether oxygens (including phenoxy) is 2. The van der Waals surface area contributed by atoms with Gasteiger partial charge in [-0.2, -0.15) is 0 Å². The van der Waals surface area contributed by atoms with Crippen LogP contribution in [-0.4, -0.2) is 36.7 Å². The van der Waals surface area contributed by atoms with Crippen LogP contribution in [0.4, 0.5) is 0 Å². The quantitative estimate of drug-likeness (QED) is 0.461. The number of benzene rings is 1. The van der Waals surface area contributed by atoms with Crippen molar-refractivity contribution >= 4 is 5.97 Å². The average Bonchev–Trinajstić information content (AvgIpc) is 3.06. The predicted octanol–water partition coefficient (Wildman–Crippen LogP) is 6.53. The number of hydrogen-bond donors (Lipinski definition) is 2. The summed E-state index contributed by atoms with van der Waals surface area (Å²) in [7, 11) is 3.53. The number of aromatic carboxylic acids is 1. The molecular formula is C29H44O5. The lowest BCUT2D eigenvalue weighted by Crippen LogP contribution is -2.60. The maximum atomic E-state index is 11.6. The molecule has 3 aliphatic carbocycles. The van der Waals surface area contributed by atoms with Crippen molar-refractivity contribution in [3.8, 4) is 5.75 Å². The Morgan fingerprint density at radius 1 is 1.03 bits per heavy atom. The summed E-state index contributed by atoms with van der Waals surface area (Å²) < 4.78 is 11.7. The van der Waals surface area contributed by atoms with Crippen LogP contribution in [0.25, 0.3) is 0 Å². The number of phenolic OH excluding ortho intramolecular Hbond substituents is 1. The molecule has 0 radical (unpaired) electrons. The van der Waals surface area contributed by atoms with Crippen molar-refractivity contribution in [1.29, 1.82) is 0 Å². The van der Waals surface area contributed by atoms with E-state index in [1.807, 2.05) is 0 Å². The Balaban J connectivity index is 1.72. The fourth-order valence-corrected chi connectivity index (χ4v) is 9.18. The van der Waals surface area contributed by atoms with Gasteiger partial charge in [-0.3, -0.25) is 0 Å². The molecule has 0 spiro atoms. The van der Waals surface area contributed by atoms with Crippen molar-refractivity contribution in [2.75, 3.05) is 14.2 Å². The second-order valence-corrected chi connectivity index (χ2v) is 12.6. The molecule has 3 aliphatic rings. The van der Waals surface area contributed by atoms with E-state index >= 15 is 0 Å². The highest BCUT2D eigenvalue weighted by atomic mass is 16.7. The van der Waals surface area contributed by atoms with Crippen LogP contribution in [0.1, 0.15) is 89.1 Å². The highest BCUT2D eigenvalue weighted by molar-refractivity contribution is 5.88. The molecule has 1 aromatic carbocycles. The lowest BCUT2D eigenvalue weighted by atomic mass is 9.39. The Morgan fingerprint density at radius 3 is 2.29 bits per heavy atom. The lowest BCUT2D eigenvalue weighted by molar-refractivity contribution is -0.233. The molecule has 0 bridgehead atoms. The van der Waals surface area contributed by atoms with Gasteiger partial charge in [0.25, 0.3) is 0 Å². The Hall–Kier alpha value is -1.59. The van der Waals surface area contributed by atoms with Crippen LogP contribution >= 0.6 is 0 Å². The third-order valence-electron chi connectivity index (χ3n) is 11.5. The fourth-order valence-electron chi connectivity index (χ4n) is 9.18. The molecule has 4 rings (SSSR count). The fraction of sp³-hybridized carbons (Fsp3) is 0.759. The number of hydrogen-bond acceptors (Lipinski definition) is 4. The lowest BCUT2D eigenvalue weighted by Gasteiger charge is -2.65. The number of fused-ring (bicyclic) bond motifs is 3. The topological polar surface area (TPSA) is 76.0 Å². The van der Waals surface area contributed by atoms with Crippen LogP contribution in [0.3, 0.4) is 0 Å². The molecule has 3 saturated carbocycles. The molecule has 0 heterocycles. The number of rotatable bonds is 6.